The summed E-state index contributed by atoms with van der Waals surface area (Å²) in [4.78, 5) is 0. The van der Waals surface area contributed by atoms with Crippen LogP contribution in [0.1, 0.15) is 34.1 Å². The molecule has 2 N–H and O–H groups in total. The Hall–Kier alpha value is -0.0800. The van der Waals surface area contributed by atoms with E-state index in [9.17, 15) is 0 Å². The van der Waals surface area contributed by atoms with Gasteiger partial charge in [-0.1, -0.05) is 13.8 Å². The van der Waals surface area contributed by atoms with Crippen molar-refractivity contribution < 1.29 is 4.74 Å². The largest absolute Gasteiger partial charge is 0.377 e. The zero-order valence-electron chi connectivity index (χ0n) is 8.35. The summed E-state index contributed by atoms with van der Waals surface area (Å²) in [7, 11) is 1.71. The number of methoxy groups -OCH3 is 1. The summed E-state index contributed by atoms with van der Waals surface area (Å²) in [6.07, 6.45) is 1.01. The molecule has 0 unspecified atom stereocenters. The molecule has 11 heavy (non-hydrogen) atoms. The number of hydrogen-bond acceptors (Lipinski definition) is 2. The molecule has 0 heterocycles. The van der Waals surface area contributed by atoms with Crippen molar-refractivity contribution in [1.82, 2.24) is 0 Å². The van der Waals surface area contributed by atoms with Crippen molar-refractivity contribution in [1.29, 1.82) is 0 Å². The fourth-order valence-corrected chi connectivity index (χ4v) is 0.943. The van der Waals surface area contributed by atoms with E-state index in [2.05, 4.69) is 13.8 Å². The molecular formula is C9H21NO. The third-order valence-electron chi connectivity index (χ3n) is 2.14. The Kier molecular flexibility index (Phi) is 4.04. The number of ether oxygens (including phenoxy) is 1. The molecule has 0 aromatic heterocycles. The van der Waals surface area contributed by atoms with Crippen molar-refractivity contribution in [3.63, 3.8) is 0 Å². The highest BCUT2D eigenvalue weighted by atomic mass is 16.5. The standard InChI is InChI=1S/C9H21NO/c1-7(2)6-8(10)9(3,4)11-5/h7-8H,6,10H2,1-5H3/t8-/m0/s1. The van der Waals surface area contributed by atoms with Gasteiger partial charge in [0, 0.05) is 13.2 Å². The molecule has 0 aromatic rings. The summed E-state index contributed by atoms with van der Waals surface area (Å²) in [5.74, 6) is 0.638. The Morgan fingerprint density at radius 3 is 2.09 bits per heavy atom. The maximum Gasteiger partial charge on any atom is 0.0773 e. The second-order valence-electron chi connectivity index (χ2n) is 4.04. The quantitative estimate of drug-likeness (QED) is 0.678. The minimum atomic E-state index is -0.190. The van der Waals surface area contributed by atoms with Gasteiger partial charge in [-0.15, -0.1) is 0 Å². The van der Waals surface area contributed by atoms with Crippen LogP contribution in [-0.4, -0.2) is 18.8 Å². The number of nitrogens with two attached hydrogens (primary N) is 1. The van der Waals surface area contributed by atoms with Gasteiger partial charge in [0.2, 0.25) is 0 Å². The van der Waals surface area contributed by atoms with Crippen LogP contribution in [0, 0.1) is 5.92 Å². The molecule has 2 nitrogen and oxygen atoms in total. The lowest BCUT2D eigenvalue weighted by Gasteiger charge is -2.31. The van der Waals surface area contributed by atoms with Crippen LogP contribution in [0.25, 0.3) is 0 Å². The van der Waals surface area contributed by atoms with Gasteiger partial charge in [-0.2, -0.15) is 0 Å². The van der Waals surface area contributed by atoms with E-state index in [0.29, 0.717) is 5.92 Å². The molecule has 0 saturated heterocycles. The Morgan fingerprint density at radius 2 is 1.82 bits per heavy atom. The third kappa shape index (κ3) is 3.73. The van der Waals surface area contributed by atoms with Crippen molar-refractivity contribution in [3.05, 3.63) is 0 Å². The number of hydrogen-bond donors (Lipinski definition) is 1. The first kappa shape index (κ1) is 10.9. The molecule has 0 saturated carbocycles. The van der Waals surface area contributed by atoms with Gasteiger partial charge in [-0.05, 0) is 26.2 Å². The second kappa shape index (κ2) is 4.07. The van der Waals surface area contributed by atoms with Gasteiger partial charge in [0.1, 0.15) is 0 Å². The van der Waals surface area contributed by atoms with Gasteiger partial charge in [0.05, 0.1) is 5.60 Å². The molecule has 0 rings (SSSR count). The van der Waals surface area contributed by atoms with Gasteiger partial charge in [-0.25, -0.2) is 0 Å². The summed E-state index contributed by atoms with van der Waals surface area (Å²) in [5.41, 5.74) is 5.75. The first-order chi connectivity index (χ1) is 4.90. The molecule has 1 atom stereocenters. The maximum atomic E-state index is 5.94. The predicted molar refractivity (Wildman–Crippen MR) is 48.5 cm³/mol. The Balaban J connectivity index is 3.90. The molecular weight excluding hydrogens is 138 g/mol. The van der Waals surface area contributed by atoms with Crippen LogP contribution in [0.4, 0.5) is 0 Å². The molecule has 0 spiro atoms. The topological polar surface area (TPSA) is 35.2 Å². The zero-order chi connectivity index (χ0) is 9.07. The highest BCUT2D eigenvalue weighted by molar-refractivity contribution is 4.82. The van der Waals surface area contributed by atoms with Crippen LogP contribution < -0.4 is 5.73 Å². The van der Waals surface area contributed by atoms with E-state index in [1.165, 1.54) is 0 Å². The molecule has 2 heteroatoms. The molecule has 68 valence electrons. The summed E-state index contributed by atoms with van der Waals surface area (Å²) >= 11 is 0. The van der Waals surface area contributed by atoms with Gasteiger partial charge in [0.25, 0.3) is 0 Å². The van der Waals surface area contributed by atoms with E-state index in [-0.39, 0.29) is 11.6 Å². The van der Waals surface area contributed by atoms with E-state index >= 15 is 0 Å². The highest BCUT2D eigenvalue weighted by Crippen LogP contribution is 2.17. The fraction of sp³-hybridized carbons (Fsp3) is 1.00. The van der Waals surface area contributed by atoms with E-state index in [1.54, 1.807) is 7.11 Å². The van der Waals surface area contributed by atoms with Crippen LogP contribution in [0.3, 0.4) is 0 Å². The Bertz CT molecular complexity index is 110. The van der Waals surface area contributed by atoms with Gasteiger partial charge in [-0.3, -0.25) is 0 Å². The zero-order valence-corrected chi connectivity index (χ0v) is 8.35. The normalized spacial score (nSPS) is 15.5. The summed E-state index contributed by atoms with van der Waals surface area (Å²) in [6, 6.07) is 0.132. The van der Waals surface area contributed by atoms with Crippen molar-refractivity contribution in [2.45, 2.75) is 45.8 Å². The Labute approximate surface area is 70.1 Å². The van der Waals surface area contributed by atoms with Gasteiger partial charge >= 0.3 is 0 Å². The van der Waals surface area contributed by atoms with Crippen LogP contribution in [0.2, 0.25) is 0 Å². The van der Waals surface area contributed by atoms with Crippen molar-refractivity contribution in [3.8, 4) is 0 Å². The van der Waals surface area contributed by atoms with Gasteiger partial charge in [0.15, 0.2) is 0 Å². The lowest BCUT2D eigenvalue weighted by molar-refractivity contribution is -0.00438. The minimum Gasteiger partial charge on any atom is -0.377 e. The SMILES string of the molecule is COC(C)(C)[C@@H](N)CC(C)C. The lowest BCUT2D eigenvalue weighted by atomic mass is 9.91. The van der Waals surface area contributed by atoms with E-state index in [1.807, 2.05) is 13.8 Å². The van der Waals surface area contributed by atoms with Crippen LogP contribution in [0.5, 0.6) is 0 Å². The summed E-state index contributed by atoms with van der Waals surface area (Å²) in [6.45, 7) is 8.40. The predicted octanol–water partition coefficient (Wildman–Crippen LogP) is 1.78. The average Bonchev–Trinajstić information content (AvgIpc) is 1.86. The molecule has 0 amide bonds. The van der Waals surface area contributed by atoms with Crippen molar-refractivity contribution in [2.75, 3.05) is 7.11 Å². The minimum absolute atomic E-state index is 0.132. The maximum absolute atomic E-state index is 5.94. The highest BCUT2D eigenvalue weighted by Gasteiger charge is 2.25. The first-order valence-electron chi connectivity index (χ1n) is 4.21. The van der Waals surface area contributed by atoms with E-state index < -0.39 is 0 Å². The monoisotopic (exact) mass is 159 g/mol. The van der Waals surface area contributed by atoms with Crippen LogP contribution in [-0.2, 0) is 4.74 Å². The summed E-state index contributed by atoms with van der Waals surface area (Å²) < 4.78 is 5.28. The molecule has 0 aliphatic heterocycles. The van der Waals surface area contributed by atoms with E-state index in [0.717, 1.165) is 6.42 Å². The fourth-order valence-electron chi connectivity index (χ4n) is 0.943. The van der Waals surface area contributed by atoms with Gasteiger partial charge < -0.3 is 10.5 Å². The van der Waals surface area contributed by atoms with Crippen molar-refractivity contribution >= 4 is 0 Å². The number of rotatable bonds is 4. The van der Waals surface area contributed by atoms with Crippen molar-refractivity contribution in [2.24, 2.45) is 11.7 Å². The molecule has 0 aliphatic rings. The molecule has 0 bridgehead atoms. The molecule has 0 aliphatic carbocycles. The average molecular weight is 159 g/mol. The van der Waals surface area contributed by atoms with Crippen LogP contribution >= 0.6 is 0 Å². The van der Waals surface area contributed by atoms with Crippen LogP contribution in [0.15, 0.2) is 0 Å². The summed E-state index contributed by atoms with van der Waals surface area (Å²) in [5, 5.41) is 0. The Morgan fingerprint density at radius 1 is 1.36 bits per heavy atom. The lowest BCUT2D eigenvalue weighted by Crippen LogP contribution is -2.45. The molecule has 0 aromatic carbocycles. The third-order valence-corrected chi connectivity index (χ3v) is 2.14. The smallest absolute Gasteiger partial charge is 0.0773 e. The van der Waals surface area contributed by atoms with E-state index in [4.69, 9.17) is 10.5 Å². The molecule has 0 radical (unpaired) electrons. The second-order valence-corrected chi connectivity index (χ2v) is 4.04. The molecule has 0 fully saturated rings. The first-order valence-corrected chi connectivity index (χ1v) is 4.21.